The average molecular weight is 690 g/mol. The molecule has 1 fully saturated rings. The van der Waals surface area contributed by atoms with Gasteiger partial charge in [0, 0.05) is 13.6 Å². The van der Waals surface area contributed by atoms with Gasteiger partial charge in [-0.25, -0.2) is 0 Å². The maximum Gasteiger partial charge on any atom is 0.293 e. The predicted octanol–water partition coefficient (Wildman–Crippen LogP) is 8.00. The SMILES string of the molecule is C=CCc1cc(/C=C2\SC(=O)N(Cc3ccc(I)cc3)C2=O)cc(OCC)c1OCc1ccc(Br)cc1. The molecule has 0 radical (unpaired) electrons. The first-order chi connectivity index (χ1) is 17.9. The summed E-state index contributed by atoms with van der Waals surface area (Å²) in [5.41, 5.74) is 3.59. The van der Waals surface area contributed by atoms with Crippen molar-refractivity contribution in [1.82, 2.24) is 4.90 Å². The van der Waals surface area contributed by atoms with E-state index in [1.165, 1.54) is 4.90 Å². The van der Waals surface area contributed by atoms with E-state index in [9.17, 15) is 9.59 Å². The Morgan fingerprint density at radius 3 is 2.41 bits per heavy atom. The van der Waals surface area contributed by atoms with Crippen molar-refractivity contribution < 1.29 is 19.1 Å². The summed E-state index contributed by atoms with van der Waals surface area (Å²) < 4.78 is 14.2. The van der Waals surface area contributed by atoms with Crippen LogP contribution in [-0.4, -0.2) is 22.7 Å². The second-order valence-corrected chi connectivity index (χ2v) is 11.4. The molecule has 1 aliphatic heterocycles. The summed E-state index contributed by atoms with van der Waals surface area (Å²) in [6.07, 6.45) is 4.11. The van der Waals surface area contributed by atoms with Crippen molar-refractivity contribution in [1.29, 1.82) is 0 Å². The number of ether oxygens (including phenoxy) is 2. The van der Waals surface area contributed by atoms with Gasteiger partial charge in [-0.3, -0.25) is 14.5 Å². The van der Waals surface area contributed by atoms with Crippen molar-refractivity contribution in [2.75, 3.05) is 6.61 Å². The van der Waals surface area contributed by atoms with E-state index in [4.69, 9.17) is 9.47 Å². The molecule has 1 aliphatic rings. The molecule has 5 nitrogen and oxygen atoms in total. The van der Waals surface area contributed by atoms with Crippen LogP contribution >= 0.6 is 50.3 Å². The van der Waals surface area contributed by atoms with Crippen LogP contribution in [0.25, 0.3) is 6.08 Å². The van der Waals surface area contributed by atoms with Gasteiger partial charge in [0.1, 0.15) is 6.61 Å². The second kappa shape index (κ2) is 12.8. The van der Waals surface area contributed by atoms with Crippen LogP contribution in [0.3, 0.4) is 0 Å². The Hall–Kier alpha value is -2.56. The van der Waals surface area contributed by atoms with E-state index in [1.54, 1.807) is 12.2 Å². The van der Waals surface area contributed by atoms with Gasteiger partial charge in [0.05, 0.1) is 18.1 Å². The molecule has 4 rings (SSSR count). The number of benzene rings is 3. The smallest absolute Gasteiger partial charge is 0.293 e. The molecular formula is C29H25BrINO4S. The third-order valence-electron chi connectivity index (χ3n) is 5.54. The standard InChI is InChI=1S/C29H25BrINO4S/c1-3-5-22-14-21(15-25(35-4-2)27(22)36-18-20-6-10-23(30)11-7-20)16-26-28(33)32(29(34)37-26)17-19-8-12-24(31)13-9-19/h3,6-16H,1,4-5,17-18H2,2H3/b26-16-. The fourth-order valence-corrected chi connectivity index (χ4v) is 5.26. The van der Waals surface area contributed by atoms with Crippen molar-refractivity contribution in [3.63, 3.8) is 0 Å². The molecule has 37 heavy (non-hydrogen) atoms. The van der Waals surface area contributed by atoms with Gasteiger partial charge in [-0.05, 0) is 107 Å². The van der Waals surface area contributed by atoms with Gasteiger partial charge in [0.25, 0.3) is 11.1 Å². The number of hydrogen-bond acceptors (Lipinski definition) is 5. The lowest BCUT2D eigenvalue weighted by Gasteiger charge is -2.17. The van der Waals surface area contributed by atoms with Gasteiger partial charge in [0.15, 0.2) is 11.5 Å². The van der Waals surface area contributed by atoms with Gasteiger partial charge >= 0.3 is 0 Å². The molecule has 0 aliphatic carbocycles. The van der Waals surface area contributed by atoms with Crippen molar-refractivity contribution in [2.24, 2.45) is 0 Å². The first kappa shape index (κ1) is 27.5. The Labute approximate surface area is 243 Å². The van der Waals surface area contributed by atoms with Crippen LogP contribution in [0.5, 0.6) is 11.5 Å². The molecule has 8 heteroatoms. The molecule has 2 amide bonds. The molecule has 1 heterocycles. The van der Waals surface area contributed by atoms with Gasteiger partial charge < -0.3 is 9.47 Å². The molecule has 0 N–H and O–H groups in total. The third kappa shape index (κ3) is 7.06. The molecule has 0 atom stereocenters. The summed E-state index contributed by atoms with van der Waals surface area (Å²) >= 11 is 6.63. The molecule has 0 saturated carbocycles. The monoisotopic (exact) mass is 689 g/mol. The summed E-state index contributed by atoms with van der Waals surface area (Å²) in [6.45, 7) is 6.88. The van der Waals surface area contributed by atoms with E-state index in [0.717, 1.165) is 42.1 Å². The third-order valence-corrected chi connectivity index (χ3v) is 7.70. The van der Waals surface area contributed by atoms with E-state index < -0.39 is 0 Å². The summed E-state index contributed by atoms with van der Waals surface area (Å²) in [6, 6.07) is 19.5. The Morgan fingerprint density at radius 2 is 1.73 bits per heavy atom. The fraction of sp³-hybridized carbons (Fsp3) is 0.172. The Balaban J connectivity index is 1.60. The quantitative estimate of drug-likeness (QED) is 0.123. The van der Waals surface area contributed by atoms with Gasteiger partial charge in [-0.1, -0.05) is 46.3 Å². The Kier molecular flexibility index (Phi) is 9.50. The summed E-state index contributed by atoms with van der Waals surface area (Å²) in [4.78, 5) is 27.4. The van der Waals surface area contributed by atoms with Crippen LogP contribution in [0.1, 0.15) is 29.2 Å². The fourth-order valence-electron chi connectivity index (χ4n) is 3.80. The van der Waals surface area contributed by atoms with Crippen LogP contribution in [0.2, 0.25) is 0 Å². The summed E-state index contributed by atoms with van der Waals surface area (Å²) in [5, 5.41) is -0.277. The van der Waals surface area contributed by atoms with E-state index in [1.807, 2.05) is 67.6 Å². The van der Waals surface area contributed by atoms with Crippen molar-refractivity contribution in [3.05, 3.63) is 109 Å². The van der Waals surface area contributed by atoms with Crippen LogP contribution < -0.4 is 9.47 Å². The van der Waals surface area contributed by atoms with E-state index >= 15 is 0 Å². The molecular weight excluding hydrogens is 665 g/mol. The molecule has 1 saturated heterocycles. The number of carbonyl (C=O) groups excluding carboxylic acids is 2. The van der Waals surface area contributed by atoms with Crippen molar-refractivity contribution >= 4 is 67.5 Å². The number of hydrogen-bond donors (Lipinski definition) is 0. The zero-order valence-corrected chi connectivity index (χ0v) is 24.8. The molecule has 3 aromatic carbocycles. The number of imide groups is 1. The first-order valence-corrected chi connectivity index (χ1v) is 14.3. The van der Waals surface area contributed by atoms with Gasteiger partial charge in [0.2, 0.25) is 0 Å². The second-order valence-electron chi connectivity index (χ2n) is 8.24. The number of rotatable bonds is 10. The maximum absolute atomic E-state index is 13.1. The zero-order valence-electron chi connectivity index (χ0n) is 20.2. The molecule has 3 aromatic rings. The number of carbonyl (C=O) groups is 2. The lowest BCUT2D eigenvalue weighted by Crippen LogP contribution is -2.27. The van der Waals surface area contributed by atoms with Crippen LogP contribution in [0.15, 0.2) is 82.7 Å². The number of allylic oxidation sites excluding steroid dienone is 1. The number of thioether (sulfide) groups is 1. The average Bonchev–Trinajstić information content (AvgIpc) is 3.13. The van der Waals surface area contributed by atoms with Crippen LogP contribution in [0, 0.1) is 3.57 Å². The minimum Gasteiger partial charge on any atom is -0.490 e. The topological polar surface area (TPSA) is 55.8 Å². The molecule has 0 spiro atoms. The lowest BCUT2D eigenvalue weighted by atomic mass is 10.0. The highest BCUT2D eigenvalue weighted by molar-refractivity contribution is 14.1. The van der Waals surface area contributed by atoms with E-state index in [2.05, 4.69) is 45.1 Å². The maximum atomic E-state index is 13.1. The van der Waals surface area contributed by atoms with Crippen molar-refractivity contribution in [2.45, 2.75) is 26.5 Å². The number of amides is 2. The van der Waals surface area contributed by atoms with E-state index in [0.29, 0.717) is 36.0 Å². The highest BCUT2D eigenvalue weighted by Crippen LogP contribution is 2.38. The minimum atomic E-state index is -0.299. The first-order valence-electron chi connectivity index (χ1n) is 11.7. The molecule has 190 valence electrons. The molecule has 0 bridgehead atoms. The van der Waals surface area contributed by atoms with E-state index in [-0.39, 0.29) is 17.7 Å². The number of halogens is 2. The number of nitrogens with zero attached hydrogens (tertiary/aromatic N) is 1. The Bertz CT molecular complexity index is 1340. The zero-order chi connectivity index (χ0) is 26.4. The lowest BCUT2D eigenvalue weighted by molar-refractivity contribution is -0.123. The summed E-state index contributed by atoms with van der Waals surface area (Å²) in [7, 11) is 0. The molecule has 0 unspecified atom stereocenters. The normalized spacial score (nSPS) is 14.4. The largest absolute Gasteiger partial charge is 0.490 e. The van der Waals surface area contributed by atoms with Gasteiger partial charge in [-0.2, -0.15) is 0 Å². The Morgan fingerprint density at radius 1 is 1.03 bits per heavy atom. The molecule has 0 aromatic heterocycles. The highest BCUT2D eigenvalue weighted by atomic mass is 127. The van der Waals surface area contributed by atoms with Crippen molar-refractivity contribution in [3.8, 4) is 11.5 Å². The van der Waals surface area contributed by atoms with Crippen LogP contribution in [0.4, 0.5) is 4.79 Å². The predicted molar refractivity (Wildman–Crippen MR) is 161 cm³/mol. The van der Waals surface area contributed by atoms with Gasteiger partial charge in [-0.15, -0.1) is 6.58 Å². The highest BCUT2D eigenvalue weighted by Gasteiger charge is 2.35. The van der Waals surface area contributed by atoms with Crippen LogP contribution in [-0.2, 0) is 24.4 Å². The minimum absolute atomic E-state index is 0.244. The summed E-state index contributed by atoms with van der Waals surface area (Å²) in [5.74, 6) is 0.935.